The average molecular weight is 437 g/mol. The molecule has 1 aromatic heterocycles. The van der Waals surface area contributed by atoms with Gasteiger partial charge in [0.1, 0.15) is 5.82 Å². The maximum absolute atomic E-state index is 12.8. The summed E-state index contributed by atoms with van der Waals surface area (Å²) in [6.07, 6.45) is 4.67. The van der Waals surface area contributed by atoms with Gasteiger partial charge in [-0.3, -0.25) is 0 Å². The zero-order chi connectivity index (χ0) is 22.3. The Morgan fingerprint density at radius 1 is 1.06 bits per heavy atom. The van der Waals surface area contributed by atoms with Crippen LogP contribution in [0, 0.1) is 12.8 Å². The van der Waals surface area contributed by atoms with E-state index in [1.54, 1.807) is 6.20 Å². The van der Waals surface area contributed by atoms with Gasteiger partial charge in [0.2, 0.25) is 0 Å². The second-order valence-corrected chi connectivity index (χ2v) is 8.72. The van der Waals surface area contributed by atoms with Crippen LogP contribution in [-0.4, -0.2) is 60.7 Å². The SMILES string of the molecule is Cc1ccc(NC(=O)NCC2CCCN(C(=O)NC3CCN(c4ccccn4)C3)C2)cc1. The molecule has 0 spiro atoms. The number of pyridine rings is 1. The predicted octanol–water partition coefficient (Wildman–Crippen LogP) is 3.21. The third-order valence-electron chi connectivity index (χ3n) is 6.16. The summed E-state index contributed by atoms with van der Waals surface area (Å²) in [5.74, 6) is 1.21. The molecule has 2 atom stereocenters. The van der Waals surface area contributed by atoms with Crippen LogP contribution in [0.15, 0.2) is 48.7 Å². The summed E-state index contributed by atoms with van der Waals surface area (Å²) in [5, 5.41) is 8.99. The number of aryl methyl sites for hydroxylation is 1. The molecule has 0 aliphatic carbocycles. The van der Waals surface area contributed by atoms with Gasteiger partial charge in [0, 0.05) is 50.6 Å². The fraction of sp³-hybridized carbons (Fsp3) is 0.458. The molecule has 3 heterocycles. The minimum Gasteiger partial charge on any atom is -0.354 e. The molecule has 170 valence electrons. The molecule has 8 nitrogen and oxygen atoms in total. The van der Waals surface area contributed by atoms with Crippen molar-refractivity contribution in [3.63, 3.8) is 0 Å². The number of aromatic nitrogens is 1. The molecule has 2 unspecified atom stereocenters. The first-order valence-corrected chi connectivity index (χ1v) is 11.4. The first-order chi connectivity index (χ1) is 15.6. The maximum atomic E-state index is 12.8. The van der Waals surface area contributed by atoms with Crippen molar-refractivity contribution < 1.29 is 9.59 Å². The maximum Gasteiger partial charge on any atom is 0.319 e. The van der Waals surface area contributed by atoms with Gasteiger partial charge in [0.25, 0.3) is 0 Å². The third-order valence-corrected chi connectivity index (χ3v) is 6.16. The van der Waals surface area contributed by atoms with E-state index in [9.17, 15) is 9.59 Å². The molecule has 4 rings (SSSR count). The summed E-state index contributed by atoms with van der Waals surface area (Å²) in [7, 11) is 0. The summed E-state index contributed by atoms with van der Waals surface area (Å²) < 4.78 is 0. The summed E-state index contributed by atoms with van der Waals surface area (Å²) in [5.41, 5.74) is 1.92. The number of benzene rings is 1. The van der Waals surface area contributed by atoms with Crippen LogP contribution in [0.5, 0.6) is 0 Å². The summed E-state index contributed by atoms with van der Waals surface area (Å²) in [6, 6.07) is 13.5. The number of urea groups is 2. The lowest BCUT2D eigenvalue weighted by molar-refractivity contribution is 0.162. The number of anilines is 2. The molecule has 8 heteroatoms. The van der Waals surface area contributed by atoms with Crippen LogP contribution in [-0.2, 0) is 0 Å². The van der Waals surface area contributed by atoms with Crippen molar-refractivity contribution in [2.75, 3.05) is 42.9 Å². The minimum absolute atomic E-state index is 0.00771. The Hall–Kier alpha value is -3.29. The first kappa shape index (κ1) is 21.9. The van der Waals surface area contributed by atoms with Crippen LogP contribution in [0.25, 0.3) is 0 Å². The molecule has 2 aliphatic heterocycles. The number of nitrogens with zero attached hydrogens (tertiary/aromatic N) is 3. The van der Waals surface area contributed by atoms with Crippen molar-refractivity contribution >= 4 is 23.6 Å². The standard InChI is InChI=1S/C24H32N6O2/c1-18-7-9-20(10-8-18)27-23(31)26-15-19-5-4-13-30(16-19)24(32)28-21-11-14-29(17-21)22-6-2-3-12-25-22/h2-3,6-10,12,19,21H,4-5,11,13-17H2,1H3,(H,28,32)(H2,26,27,31). The number of carbonyl (C=O) groups is 2. The molecular formula is C24H32N6O2. The van der Waals surface area contributed by atoms with Gasteiger partial charge in [0.15, 0.2) is 0 Å². The smallest absolute Gasteiger partial charge is 0.319 e. The zero-order valence-electron chi connectivity index (χ0n) is 18.6. The molecule has 3 N–H and O–H groups in total. The van der Waals surface area contributed by atoms with Crippen molar-refractivity contribution in [3.05, 3.63) is 54.2 Å². The van der Waals surface area contributed by atoms with Gasteiger partial charge in [-0.1, -0.05) is 23.8 Å². The van der Waals surface area contributed by atoms with Crippen LogP contribution >= 0.6 is 0 Å². The van der Waals surface area contributed by atoms with E-state index in [1.807, 2.05) is 54.3 Å². The highest BCUT2D eigenvalue weighted by Crippen LogP contribution is 2.19. The Morgan fingerprint density at radius 3 is 2.69 bits per heavy atom. The number of piperidine rings is 1. The van der Waals surface area contributed by atoms with Crippen LogP contribution < -0.4 is 20.9 Å². The van der Waals surface area contributed by atoms with E-state index in [1.165, 1.54) is 0 Å². The molecule has 2 fully saturated rings. The number of hydrogen-bond donors (Lipinski definition) is 3. The van der Waals surface area contributed by atoms with Crippen molar-refractivity contribution in [3.8, 4) is 0 Å². The largest absolute Gasteiger partial charge is 0.354 e. The van der Waals surface area contributed by atoms with E-state index in [-0.39, 0.29) is 24.0 Å². The lowest BCUT2D eigenvalue weighted by Gasteiger charge is -2.33. The quantitative estimate of drug-likeness (QED) is 0.671. The molecular weight excluding hydrogens is 404 g/mol. The molecule has 2 aromatic rings. The highest BCUT2D eigenvalue weighted by Gasteiger charge is 2.29. The van der Waals surface area contributed by atoms with Gasteiger partial charge in [0.05, 0.1) is 0 Å². The first-order valence-electron chi connectivity index (χ1n) is 11.4. The number of amides is 4. The van der Waals surface area contributed by atoms with E-state index in [0.29, 0.717) is 13.1 Å². The van der Waals surface area contributed by atoms with E-state index >= 15 is 0 Å². The molecule has 0 saturated carbocycles. The van der Waals surface area contributed by atoms with E-state index in [0.717, 1.165) is 56.0 Å². The number of rotatable bonds is 5. The Labute approximate surface area is 189 Å². The van der Waals surface area contributed by atoms with E-state index in [4.69, 9.17) is 0 Å². The fourth-order valence-corrected chi connectivity index (χ4v) is 4.36. The highest BCUT2D eigenvalue weighted by molar-refractivity contribution is 5.89. The number of hydrogen-bond acceptors (Lipinski definition) is 4. The monoisotopic (exact) mass is 436 g/mol. The van der Waals surface area contributed by atoms with Gasteiger partial charge in [-0.05, 0) is 56.4 Å². The van der Waals surface area contributed by atoms with Crippen LogP contribution in [0.4, 0.5) is 21.1 Å². The molecule has 4 amide bonds. The second-order valence-electron chi connectivity index (χ2n) is 8.72. The van der Waals surface area contributed by atoms with Gasteiger partial charge in [-0.2, -0.15) is 0 Å². The molecule has 2 aliphatic rings. The second kappa shape index (κ2) is 10.3. The Balaban J connectivity index is 1.20. The van der Waals surface area contributed by atoms with Gasteiger partial charge < -0.3 is 25.8 Å². The fourth-order valence-electron chi connectivity index (χ4n) is 4.36. The summed E-state index contributed by atoms with van der Waals surface area (Å²) >= 11 is 0. The van der Waals surface area contributed by atoms with Crippen molar-refractivity contribution in [1.82, 2.24) is 20.5 Å². The topological polar surface area (TPSA) is 89.6 Å². The van der Waals surface area contributed by atoms with Crippen LogP contribution in [0.2, 0.25) is 0 Å². The Kier molecular flexibility index (Phi) is 7.09. The molecule has 0 radical (unpaired) electrons. The molecule has 2 saturated heterocycles. The Morgan fingerprint density at radius 2 is 1.91 bits per heavy atom. The zero-order valence-corrected chi connectivity index (χ0v) is 18.6. The lowest BCUT2D eigenvalue weighted by atomic mass is 9.98. The van der Waals surface area contributed by atoms with Gasteiger partial charge in [-0.15, -0.1) is 0 Å². The summed E-state index contributed by atoms with van der Waals surface area (Å²) in [6.45, 7) is 5.66. The summed E-state index contributed by atoms with van der Waals surface area (Å²) in [4.78, 5) is 33.5. The molecule has 0 bridgehead atoms. The van der Waals surface area contributed by atoms with Crippen molar-refractivity contribution in [1.29, 1.82) is 0 Å². The number of likely N-dealkylation sites (tertiary alicyclic amines) is 1. The average Bonchev–Trinajstić information content (AvgIpc) is 3.28. The van der Waals surface area contributed by atoms with Crippen molar-refractivity contribution in [2.45, 2.75) is 32.2 Å². The van der Waals surface area contributed by atoms with Crippen molar-refractivity contribution in [2.24, 2.45) is 5.92 Å². The third kappa shape index (κ3) is 5.90. The van der Waals surface area contributed by atoms with E-state index < -0.39 is 0 Å². The predicted molar refractivity (Wildman–Crippen MR) is 126 cm³/mol. The lowest BCUT2D eigenvalue weighted by Crippen LogP contribution is -2.50. The molecule has 32 heavy (non-hydrogen) atoms. The highest BCUT2D eigenvalue weighted by atomic mass is 16.2. The molecule has 1 aromatic carbocycles. The van der Waals surface area contributed by atoms with Crippen LogP contribution in [0.1, 0.15) is 24.8 Å². The minimum atomic E-state index is -0.212. The Bertz CT molecular complexity index is 904. The normalized spacial score (nSPS) is 20.7. The number of nitrogens with one attached hydrogen (secondary N) is 3. The van der Waals surface area contributed by atoms with Crippen LogP contribution in [0.3, 0.4) is 0 Å². The van der Waals surface area contributed by atoms with E-state index in [2.05, 4.69) is 25.8 Å². The van der Waals surface area contributed by atoms with Gasteiger partial charge >= 0.3 is 12.1 Å². The number of carbonyl (C=O) groups excluding carboxylic acids is 2. The van der Waals surface area contributed by atoms with Gasteiger partial charge in [-0.25, -0.2) is 14.6 Å².